The van der Waals surface area contributed by atoms with Crippen molar-refractivity contribution < 1.29 is 38.2 Å². The van der Waals surface area contributed by atoms with E-state index in [9.17, 15) is 24.2 Å². The second kappa shape index (κ2) is 9.39. The number of fused-ring (bicyclic) bond motifs is 7. The smallest absolute Gasteiger partial charge is 0.192 e. The number of ether oxygens (including phenoxy) is 1. The van der Waals surface area contributed by atoms with E-state index in [2.05, 4.69) is 22.6 Å². The predicted molar refractivity (Wildman–Crippen MR) is 150 cm³/mol. The molecule has 40 heavy (non-hydrogen) atoms. The van der Waals surface area contributed by atoms with Gasteiger partial charge in [0.15, 0.2) is 28.7 Å². The van der Waals surface area contributed by atoms with Crippen LogP contribution in [0.1, 0.15) is 38.7 Å². The lowest BCUT2D eigenvalue weighted by atomic mass is 9.45. The Morgan fingerprint density at radius 3 is 2.73 bits per heavy atom. The zero-order chi connectivity index (χ0) is 28.8. The third-order valence-corrected chi connectivity index (χ3v) is 13.4. The van der Waals surface area contributed by atoms with Crippen LogP contribution in [-0.4, -0.2) is 68.4 Å². The second-order valence-corrected chi connectivity index (χ2v) is 14.3. The molecule has 5 aliphatic rings. The summed E-state index contributed by atoms with van der Waals surface area (Å²) in [5, 5.41) is 23.8. The number of aliphatic hydroxyl groups is 2. The van der Waals surface area contributed by atoms with Gasteiger partial charge in [-0.1, -0.05) is 48.6 Å². The van der Waals surface area contributed by atoms with Crippen molar-refractivity contribution in [1.29, 1.82) is 0 Å². The molecule has 0 bridgehead atoms. The highest BCUT2D eigenvalue weighted by Crippen LogP contribution is 2.73. The minimum Gasteiger partial charge on any atom is -0.494 e. The van der Waals surface area contributed by atoms with Crippen LogP contribution in [0.3, 0.4) is 0 Å². The van der Waals surface area contributed by atoms with Crippen molar-refractivity contribution >= 4 is 34.2 Å². The number of Topliss-reactive ketones (excluding diaryl/α,β-unsaturated/α-hetero) is 1. The molecule has 2 N–H and O–H groups in total. The number of halogens is 3. The molecule has 0 aromatic heterocycles. The lowest BCUT2D eigenvalue weighted by molar-refractivity contribution is -0.252. The van der Waals surface area contributed by atoms with E-state index in [4.69, 9.17) is 9.57 Å². The number of carbonyl (C=O) groups excluding carboxylic acids is 2. The molecule has 1 heterocycles. The van der Waals surface area contributed by atoms with E-state index in [1.54, 1.807) is 23.3 Å². The van der Waals surface area contributed by atoms with Crippen LogP contribution >= 0.6 is 22.6 Å². The fourth-order valence-electron chi connectivity index (χ4n) is 9.04. The van der Waals surface area contributed by atoms with Gasteiger partial charge in [-0.15, -0.1) is 0 Å². The van der Waals surface area contributed by atoms with E-state index in [1.165, 1.54) is 25.3 Å². The number of carbonyl (C=O) groups is 2. The topological polar surface area (TPSA) is 96.3 Å². The van der Waals surface area contributed by atoms with Crippen molar-refractivity contribution in [1.82, 2.24) is 5.06 Å². The van der Waals surface area contributed by atoms with Crippen molar-refractivity contribution in [3.05, 3.63) is 53.4 Å². The number of benzene rings is 1. The van der Waals surface area contributed by atoms with E-state index in [0.29, 0.717) is 18.5 Å². The molecule has 0 amide bonds. The first-order valence-electron chi connectivity index (χ1n) is 13.7. The maximum Gasteiger partial charge on any atom is 0.192 e. The van der Waals surface area contributed by atoms with Crippen molar-refractivity contribution in [2.45, 2.75) is 61.0 Å². The molecule has 10 heteroatoms. The number of ketones is 2. The minimum absolute atomic E-state index is 0.109. The SMILES string of the molecule is COc1cc(CN2C[C@@H]3C[C@H]4[C@@H]5C[C@H](F)C6=CC(=O)C=C[C@]6(C)[C@@]5(I)[C@@H](O)C[C@]4(C)[C@]3(C(=O)CO)O2)ccc1F. The third kappa shape index (κ3) is 3.52. The van der Waals surface area contributed by atoms with Crippen LogP contribution < -0.4 is 4.74 Å². The summed E-state index contributed by atoms with van der Waals surface area (Å²) in [6, 6.07) is 4.54. The van der Waals surface area contributed by atoms with Gasteiger partial charge < -0.3 is 14.9 Å². The van der Waals surface area contributed by atoms with Gasteiger partial charge in [-0.3, -0.25) is 14.4 Å². The fourth-order valence-corrected chi connectivity index (χ4v) is 10.4. The van der Waals surface area contributed by atoms with Crippen LogP contribution in [-0.2, 0) is 21.0 Å². The second-order valence-electron chi connectivity index (χ2n) is 12.5. The summed E-state index contributed by atoms with van der Waals surface area (Å²) in [5.41, 5.74) is -2.00. The lowest BCUT2D eigenvalue weighted by Gasteiger charge is -2.64. The first-order valence-corrected chi connectivity index (χ1v) is 14.8. The summed E-state index contributed by atoms with van der Waals surface area (Å²) in [6.07, 6.45) is 3.24. The number of nitrogens with zero attached hydrogens (tertiary/aromatic N) is 1. The molecule has 6 rings (SSSR count). The highest BCUT2D eigenvalue weighted by atomic mass is 127. The number of rotatable bonds is 5. The Bertz CT molecular complexity index is 1340. The van der Waals surface area contributed by atoms with Crippen LogP contribution in [0.2, 0.25) is 0 Å². The standard InChI is InChI=1S/C30H34F2INO6/c1-27-7-6-18(36)10-21(27)23(32)11-20-19-9-17-14-34(13-16-4-5-22(31)24(8-16)39-3)40-30(17,26(38)15-35)28(19,2)12-25(37)29(20,27)33/h4-8,10,17,19-20,23,25,35,37H,9,11-15H2,1-3H3/t17-,19-,20-,23-,25-,27-,28-,29-,30-/m0/s1. The van der Waals surface area contributed by atoms with Crippen molar-refractivity contribution in [2.75, 3.05) is 20.3 Å². The van der Waals surface area contributed by atoms with E-state index >= 15 is 4.39 Å². The molecule has 1 aromatic rings. The molecule has 4 aliphatic carbocycles. The molecule has 1 aliphatic heterocycles. The van der Waals surface area contributed by atoms with Gasteiger partial charge in [0.25, 0.3) is 0 Å². The lowest BCUT2D eigenvalue weighted by Crippen LogP contribution is -2.70. The normalized spacial score (nSPS) is 44.0. The highest BCUT2D eigenvalue weighted by molar-refractivity contribution is 14.1. The summed E-state index contributed by atoms with van der Waals surface area (Å²) in [4.78, 5) is 32.4. The third-order valence-electron chi connectivity index (χ3n) is 10.8. The zero-order valence-corrected chi connectivity index (χ0v) is 24.9. The van der Waals surface area contributed by atoms with Crippen LogP contribution in [0.25, 0.3) is 0 Å². The first-order chi connectivity index (χ1) is 18.9. The maximum atomic E-state index is 15.9. The van der Waals surface area contributed by atoms with Crippen LogP contribution in [0.5, 0.6) is 5.75 Å². The van der Waals surface area contributed by atoms with Gasteiger partial charge in [0.05, 0.1) is 16.6 Å². The number of allylic oxidation sites excluding steroid dienone is 4. The zero-order valence-electron chi connectivity index (χ0n) is 22.7. The van der Waals surface area contributed by atoms with Crippen molar-refractivity contribution in [2.24, 2.45) is 28.6 Å². The molecule has 9 atom stereocenters. The largest absolute Gasteiger partial charge is 0.494 e. The molecule has 216 valence electrons. The summed E-state index contributed by atoms with van der Waals surface area (Å²) < 4.78 is 34.2. The molecule has 0 spiro atoms. The quantitative estimate of drug-likeness (QED) is 0.363. The molecule has 3 saturated carbocycles. The Morgan fingerprint density at radius 1 is 1.27 bits per heavy atom. The van der Waals surface area contributed by atoms with Gasteiger partial charge in [0.1, 0.15) is 12.8 Å². The molecule has 0 radical (unpaired) electrons. The van der Waals surface area contributed by atoms with Crippen LogP contribution in [0, 0.1) is 34.4 Å². The monoisotopic (exact) mass is 669 g/mol. The molecule has 1 saturated heterocycles. The first kappa shape index (κ1) is 28.4. The summed E-state index contributed by atoms with van der Waals surface area (Å²) in [5.74, 6) is -1.82. The average Bonchev–Trinajstić information content (AvgIpc) is 3.39. The molecule has 7 nitrogen and oxygen atoms in total. The van der Waals surface area contributed by atoms with Crippen molar-refractivity contribution in [3.63, 3.8) is 0 Å². The van der Waals surface area contributed by atoms with E-state index in [1.807, 2.05) is 13.8 Å². The minimum atomic E-state index is -1.39. The van der Waals surface area contributed by atoms with Gasteiger partial charge in [-0.2, -0.15) is 5.06 Å². The van der Waals surface area contributed by atoms with E-state index < -0.39 is 50.3 Å². The highest BCUT2D eigenvalue weighted by Gasteiger charge is 2.78. The van der Waals surface area contributed by atoms with Gasteiger partial charge in [-0.05, 0) is 66.5 Å². The van der Waals surface area contributed by atoms with Gasteiger partial charge in [-0.25, -0.2) is 8.78 Å². The fraction of sp³-hybridized carbons (Fsp3) is 0.600. The number of aliphatic hydroxyl groups excluding tert-OH is 2. The Morgan fingerprint density at radius 2 is 2.02 bits per heavy atom. The summed E-state index contributed by atoms with van der Waals surface area (Å²) in [7, 11) is 1.39. The molecule has 0 unspecified atom stereocenters. The Kier molecular flexibility index (Phi) is 6.66. The molecule has 1 aromatic carbocycles. The number of hydroxylamine groups is 2. The number of alkyl halides is 2. The maximum absolute atomic E-state index is 15.9. The average molecular weight is 670 g/mol. The molecule has 4 fully saturated rings. The summed E-state index contributed by atoms with van der Waals surface area (Å²) >= 11 is 2.30. The Balaban J connectivity index is 1.38. The Hall–Kier alpha value is -1.73. The predicted octanol–water partition coefficient (Wildman–Crippen LogP) is 3.89. The number of hydrogen-bond acceptors (Lipinski definition) is 7. The summed E-state index contributed by atoms with van der Waals surface area (Å²) in [6.45, 7) is 3.79. The van der Waals surface area contributed by atoms with E-state index in [-0.39, 0.29) is 48.7 Å². The van der Waals surface area contributed by atoms with Crippen molar-refractivity contribution in [3.8, 4) is 5.75 Å². The van der Waals surface area contributed by atoms with Crippen LogP contribution in [0.15, 0.2) is 42.0 Å². The molecular weight excluding hydrogens is 635 g/mol. The van der Waals surface area contributed by atoms with E-state index in [0.717, 1.165) is 5.56 Å². The van der Waals surface area contributed by atoms with Crippen LogP contribution in [0.4, 0.5) is 8.78 Å². The van der Waals surface area contributed by atoms with Gasteiger partial charge >= 0.3 is 0 Å². The Labute approximate surface area is 245 Å². The number of methoxy groups -OCH3 is 1. The van der Waals surface area contributed by atoms with Gasteiger partial charge in [0.2, 0.25) is 0 Å². The number of hydrogen-bond donors (Lipinski definition) is 2. The van der Waals surface area contributed by atoms with Gasteiger partial charge in [0, 0.05) is 29.8 Å². The molecular formula is C30H34F2INO6.